The summed E-state index contributed by atoms with van der Waals surface area (Å²) in [4.78, 5) is 4.39. The standard InChI is InChI=1S/C17H23N3/c1-12-2-4-13(5-3-12)11-20-16-8-9-19-17-10-14(18)6-7-15(16)17/h6-10,12-13H,2-5,11,18H2,1H3,(H,19,20). The second-order valence-corrected chi connectivity index (χ2v) is 6.14. The van der Waals surface area contributed by atoms with Crippen LogP contribution >= 0.6 is 0 Å². The number of aromatic nitrogens is 1. The normalized spacial score (nSPS) is 22.9. The molecule has 0 spiro atoms. The van der Waals surface area contributed by atoms with Gasteiger partial charge in [-0.2, -0.15) is 0 Å². The highest BCUT2D eigenvalue weighted by atomic mass is 14.9. The van der Waals surface area contributed by atoms with Crippen molar-refractivity contribution in [3.8, 4) is 0 Å². The Morgan fingerprint density at radius 1 is 1.20 bits per heavy atom. The molecule has 1 fully saturated rings. The molecule has 0 aliphatic heterocycles. The monoisotopic (exact) mass is 269 g/mol. The van der Waals surface area contributed by atoms with Gasteiger partial charge in [0.05, 0.1) is 5.52 Å². The van der Waals surface area contributed by atoms with Crippen molar-refractivity contribution in [1.29, 1.82) is 0 Å². The van der Waals surface area contributed by atoms with Crippen molar-refractivity contribution in [1.82, 2.24) is 4.98 Å². The van der Waals surface area contributed by atoms with Crippen LogP contribution in [-0.2, 0) is 0 Å². The molecular weight excluding hydrogens is 246 g/mol. The summed E-state index contributed by atoms with van der Waals surface area (Å²) < 4.78 is 0. The number of nitrogens with one attached hydrogen (secondary N) is 1. The molecule has 1 heterocycles. The number of nitrogen functional groups attached to an aromatic ring is 1. The number of nitrogens with zero attached hydrogens (tertiary/aromatic N) is 1. The van der Waals surface area contributed by atoms with Crippen LogP contribution in [0.5, 0.6) is 0 Å². The number of hydrogen-bond acceptors (Lipinski definition) is 3. The third-order valence-electron chi connectivity index (χ3n) is 4.48. The van der Waals surface area contributed by atoms with Crippen molar-refractivity contribution in [2.45, 2.75) is 32.6 Å². The summed E-state index contributed by atoms with van der Waals surface area (Å²) in [5.41, 5.74) is 8.72. The smallest absolute Gasteiger partial charge is 0.0743 e. The van der Waals surface area contributed by atoms with Crippen LogP contribution in [0.25, 0.3) is 10.9 Å². The van der Waals surface area contributed by atoms with Gasteiger partial charge >= 0.3 is 0 Å². The topological polar surface area (TPSA) is 50.9 Å². The maximum Gasteiger partial charge on any atom is 0.0743 e. The van der Waals surface area contributed by atoms with E-state index < -0.39 is 0 Å². The molecule has 3 heteroatoms. The molecule has 0 saturated heterocycles. The molecule has 0 radical (unpaired) electrons. The fraction of sp³-hybridized carbons (Fsp3) is 0.471. The van der Waals surface area contributed by atoms with Crippen LogP contribution in [0, 0.1) is 11.8 Å². The molecular formula is C17H23N3. The highest BCUT2D eigenvalue weighted by molar-refractivity contribution is 5.92. The van der Waals surface area contributed by atoms with Gasteiger partial charge in [-0.3, -0.25) is 4.98 Å². The van der Waals surface area contributed by atoms with E-state index in [4.69, 9.17) is 5.73 Å². The molecule has 1 aromatic heterocycles. The van der Waals surface area contributed by atoms with E-state index in [2.05, 4.69) is 29.4 Å². The van der Waals surface area contributed by atoms with Gasteiger partial charge in [0.25, 0.3) is 0 Å². The Bertz CT molecular complexity index is 586. The van der Waals surface area contributed by atoms with Crippen molar-refractivity contribution in [2.24, 2.45) is 11.8 Å². The van der Waals surface area contributed by atoms with Gasteiger partial charge < -0.3 is 11.1 Å². The van der Waals surface area contributed by atoms with Crippen molar-refractivity contribution < 1.29 is 0 Å². The van der Waals surface area contributed by atoms with Gasteiger partial charge in [-0.1, -0.05) is 19.8 Å². The first-order valence-corrected chi connectivity index (χ1v) is 7.60. The number of benzene rings is 1. The molecule has 0 bridgehead atoms. The zero-order chi connectivity index (χ0) is 13.9. The molecule has 3 rings (SSSR count). The molecule has 20 heavy (non-hydrogen) atoms. The summed E-state index contributed by atoms with van der Waals surface area (Å²) in [7, 11) is 0. The van der Waals surface area contributed by atoms with Crippen LogP contribution < -0.4 is 11.1 Å². The first kappa shape index (κ1) is 13.2. The van der Waals surface area contributed by atoms with Gasteiger partial charge in [-0.05, 0) is 48.9 Å². The van der Waals surface area contributed by atoms with Crippen molar-refractivity contribution in [3.63, 3.8) is 0 Å². The number of fused-ring (bicyclic) bond motifs is 1. The average molecular weight is 269 g/mol. The molecule has 106 valence electrons. The molecule has 3 N–H and O–H groups in total. The Morgan fingerprint density at radius 2 is 2.00 bits per heavy atom. The Hall–Kier alpha value is -1.77. The summed E-state index contributed by atoms with van der Waals surface area (Å²) in [5.74, 6) is 1.72. The molecule has 1 aliphatic rings. The number of anilines is 2. The van der Waals surface area contributed by atoms with Crippen molar-refractivity contribution in [2.75, 3.05) is 17.6 Å². The summed E-state index contributed by atoms with van der Waals surface area (Å²) in [6.07, 6.45) is 7.31. The SMILES string of the molecule is CC1CCC(CNc2ccnc3cc(N)ccc23)CC1. The zero-order valence-corrected chi connectivity index (χ0v) is 12.1. The Balaban J connectivity index is 1.71. The van der Waals surface area contributed by atoms with Crippen LogP contribution in [0.2, 0.25) is 0 Å². The van der Waals surface area contributed by atoms with Gasteiger partial charge in [-0.15, -0.1) is 0 Å². The van der Waals surface area contributed by atoms with E-state index in [-0.39, 0.29) is 0 Å². The maximum atomic E-state index is 5.82. The van der Waals surface area contributed by atoms with Gasteiger partial charge in [0, 0.05) is 29.5 Å². The molecule has 0 amide bonds. The first-order chi connectivity index (χ1) is 9.72. The number of hydrogen-bond donors (Lipinski definition) is 2. The van der Waals surface area contributed by atoms with E-state index >= 15 is 0 Å². The van der Waals surface area contributed by atoms with Crippen LogP contribution in [0.15, 0.2) is 30.5 Å². The third kappa shape index (κ3) is 2.87. The molecule has 1 aromatic carbocycles. The minimum absolute atomic E-state index is 0.767. The van der Waals surface area contributed by atoms with E-state index in [0.29, 0.717) is 0 Å². The van der Waals surface area contributed by atoms with E-state index in [1.165, 1.54) is 31.4 Å². The quantitative estimate of drug-likeness (QED) is 0.826. The molecule has 1 aliphatic carbocycles. The lowest BCUT2D eigenvalue weighted by Gasteiger charge is -2.26. The van der Waals surface area contributed by atoms with Gasteiger partial charge in [0.2, 0.25) is 0 Å². The zero-order valence-electron chi connectivity index (χ0n) is 12.1. The van der Waals surface area contributed by atoms with Crippen LogP contribution in [0.4, 0.5) is 11.4 Å². The van der Waals surface area contributed by atoms with E-state index in [1.54, 1.807) is 0 Å². The lowest BCUT2D eigenvalue weighted by molar-refractivity contribution is 0.300. The lowest BCUT2D eigenvalue weighted by Crippen LogP contribution is -2.20. The van der Waals surface area contributed by atoms with E-state index in [1.807, 2.05) is 18.3 Å². The Kier molecular flexibility index (Phi) is 3.77. The third-order valence-corrected chi connectivity index (χ3v) is 4.48. The van der Waals surface area contributed by atoms with Gasteiger partial charge in [0.15, 0.2) is 0 Å². The largest absolute Gasteiger partial charge is 0.399 e. The maximum absolute atomic E-state index is 5.82. The van der Waals surface area contributed by atoms with Crippen LogP contribution in [-0.4, -0.2) is 11.5 Å². The highest BCUT2D eigenvalue weighted by Gasteiger charge is 2.18. The Morgan fingerprint density at radius 3 is 2.80 bits per heavy atom. The fourth-order valence-electron chi connectivity index (χ4n) is 3.11. The summed E-state index contributed by atoms with van der Waals surface area (Å²) >= 11 is 0. The minimum atomic E-state index is 0.767. The minimum Gasteiger partial charge on any atom is -0.399 e. The second kappa shape index (κ2) is 5.70. The lowest BCUT2D eigenvalue weighted by atomic mass is 9.83. The second-order valence-electron chi connectivity index (χ2n) is 6.14. The van der Waals surface area contributed by atoms with Crippen LogP contribution in [0.3, 0.4) is 0 Å². The Labute approximate surface area is 120 Å². The summed E-state index contributed by atoms with van der Waals surface area (Å²) in [6, 6.07) is 7.99. The van der Waals surface area contributed by atoms with Crippen molar-refractivity contribution in [3.05, 3.63) is 30.5 Å². The molecule has 0 unspecified atom stereocenters. The number of pyridine rings is 1. The number of rotatable bonds is 3. The molecule has 0 atom stereocenters. The van der Waals surface area contributed by atoms with E-state index in [0.717, 1.165) is 35.0 Å². The predicted octanol–water partition coefficient (Wildman–Crippen LogP) is 4.06. The van der Waals surface area contributed by atoms with Crippen LogP contribution in [0.1, 0.15) is 32.6 Å². The summed E-state index contributed by atoms with van der Waals surface area (Å²) in [5, 5.41) is 4.77. The first-order valence-electron chi connectivity index (χ1n) is 7.60. The van der Waals surface area contributed by atoms with Gasteiger partial charge in [-0.25, -0.2) is 0 Å². The van der Waals surface area contributed by atoms with E-state index in [9.17, 15) is 0 Å². The average Bonchev–Trinajstić information content (AvgIpc) is 2.46. The highest BCUT2D eigenvalue weighted by Crippen LogP contribution is 2.29. The molecule has 2 aromatic rings. The van der Waals surface area contributed by atoms with Gasteiger partial charge in [0.1, 0.15) is 0 Å². The molecule has 3 nitrogen and oxygen atoms in total. The van der Waals surface area contributed by atoms with Crippen molar-refractivity contribution >= 4 is 22.3 Å². The predicted molar refractivity (Wildman–Crippen MR) is 85.8 cm³/mol. The summed E-state index contributed by atoms with van der Waals surface area (Å²) in [6.45, 7) is 3.43. The fourth-order valence-corrected chi connectivity index (χ4v) is 3.11. The molecule has 1 saturated carbocycles. The number of nitrogens with two attached hydrogens (primary N) is 1.